The van der Waals surface area contributed by atoms with Gasteiger partial charge in [-0.25, -0.2) is 9.97 Å². The fourth-order valence-corrected chi connectivity index (χ4v) is 2.49. The number of nitriles is 1. The quantitative estimate of drug-likeness (QED) is 0.863. The van der Waals surface area contributed by atoms with Gasteiger partial charge in [0.25, 0.3) is 0 Å². The van der Waals surface area contributed by atoms with Gasteiger partial charge in [0.15, 0.2) is 0 Å². The molecule has 1 atom stereocenters. The van der Waals surface area contributed by atoms with Gasteiger partial charge in [0, 0.05) is 25.2 Å². The lowest BCUT2D eigenvalue weighted by atomic mass is 10.3. The van der Waals surface area contributed by atoms with Crippen molar-refractivity contribution in [2.24, 2.45) is 0 Å². The molecule has 1 aliphatic heterocycles. The Balaban J connectivity index is 1.60. The third kappa shape index (κ3) is 3.56. The number of anilines is 1. The Morgan fingerprint density at radius 2 is 2.00 bits per heavy atom. The van der Waals surface area contributed by atoms with Crippen LogP contribution in [0, 0.1) is 11.3 Å². The topological polar surface area (TPSA) is 62.0 Å². The molecule has 0 spiro atoms. The third-order valence-corrected chi connectivity index (χ3v) is 3.72. The standard InChI is InChI=1S/C16H13F3N4O/c17-16(18,19)11-1-4-15(22-8-11)24-14-5-6-23(10-14)13-3-2-12(7-20)21-9-13/h1-4,8-9,14H,5-6,10H2/t14-/m0/s1. The zero-order valence-electron chi connectivity index (χ0n) is 12.5. The largest absolute Gasteiger partial charge is 0.472 e. The van der Waals surface area contributed by atoms with Gasteiger partial charge in [0.05, 0.1) is 24.0 Å². The number of hydrogen-bond acceptors (Lipinski definition) is 5. The van der Waals surface area contributed by atoms with Crippen molar-refractivity contribution < 1.29 is 17.9 Å². The lowest BCUT2D eigenvalue weighted by Gasteiger charge is -2.18. The van der Waals surface area contributed by atoms with Gasteiger partial charge in [-0.15, -0.1) is 0 Å². The van der Waals surface area contributed by atoms with E-state index >= 15 is 0 Å². The highest BCUT2D eigenvalue weighted by Gasteiger charge is 2.31. The fourth-order valence-electron chi connectivity index (χ4n) is 2.49. The Labute approximate surface area is 136 Å². The molecule has 0 unspecified atom stereocenters. The Morgan fingerprint density at radius 1 is 1.17 bits per heavy atom. The van der Waals surface area contributed by atoms with E-state index in [4.69, 9.17) is 10.00 Å². The average Bonchev–Trinajstić information content (AvgIpc) is 3.03. The Morgan fingerprint density at radius 3 is 2.58 bits per heavy atom. The van der Waals surface area contributed by atoms with Crippen molar-refractivity contribution in [3.05, 3.63) is 47.9 Å². The molecule has 5 nitrogen and oxygen atoms in total. The van der Waals surface area contributed by atoms with E-state index in [2.05, 4.69) is 9.97 Å². The Kier molecular flexibility index (Phi) is 4.25. The van der Waals surface area contributed by atoms with E-state index in [1.54, 1.807) is 12.3 Å². The molecule has 1 saturated heterocycles. The second-order valence-electron chi connectivity index (χ2n) is 5.37. The summed E-state index contributed by atoms with van der Waals surface area (Å²) in [6.45, 7) is 1.31. The van der Waals surface area contributed by atoms with E-state index in [0.29, 0.717) is 12.2 Å². The van der Waals surface area contributed by atoms with Crippen molar-refractivity contribution in [2.75, 3.05) is 18.0 Å². The summed E-state index contributed by atoms with van der Waals surface area (Å²) in [5.74, 6) is 0.174. The SMILES string of the molecule is N#Cc1ccc(N2CC[C@H](Oc3ccc(C(F)(F)F)cn3)C2)cn1. The van der Waals surface area contributed by atoms with E-state index in [9.17, 15) is 13.2 Å². The van der Waals surface area contributed by atoms with E-state index < -0.39 is 11.7 Å². The summed E-state index contributed by atoms with van der Waals surface area (Å²) in [5, 5.41) is 8.75. The molecule has 0 bridgehead atoms. The van der Waals surface area contributed by atoms with Crippen LogP contribution in [-0.2, 0) is 6.18 Å². The van der Waals surface area contributed by atoms with Gasteiger partial charge in [-0.1, -0.05) is 0 Å². The first kappa shape index (κ1) is 16.1. The second-order valence-corrected chi connectivity index (χ2v) is 5.37. The van der Waals surface area contributed by atoms with Crippen LogP contribution in [0.25, 0.3) is 0 Å². The lowest BCUT2D eigenvalue weighted by Crippen LogP contribution is -2.24. The summed E-state index contributed by atoms with van der Waals surface area (Å²) in [4.78, 5) is 9.79. The highest BCUT2D eigenvalue weighted by atomic mass is 19.4. The first-order valence-electron chi connectivity index (χ1n) is 7.27. The van der Waals surface area contributed by atoms with Gasteiger partial charge in [-0.2, -0.15) is 18.4 Å². The molecule has 0 aliphatic carbocycles. The summed E-state index contributed by atoms with van der Waals surface area (Å²) in [7, 11) is 0. The normalized spacial score (nSPS) is 17.6. The minimum absolute atomic E-state index is 0.162. The molecule has 3 heterocycles. The van der Waals surface area contributed by atoms with Crippen molar-refractivity contribution in [2.45, 2.75) is 18.7 Å². The Hall–Kier alpha value is -2.82. The summed E-state index contributed by atoms with van der Waals surface area (Å²) in [5.41, 5.74) is 0.423. The zero-order valence-corrected chi connectivity index (χ0v) is 12.5. The molecule has 2 aromatic rings. The van der Waals surface area contributed by atoms with Crippen molar-refractivity contribution in [3.8, 4) is 11.9 Å². The maximum Gasteiger partial charge on any atom is 0.417 e. The molecule has 3 rings (SSSR count). The number of rotatable bonds is 3. The van der Waals surface area contributed by atoms with Gasteiger partial charge < -0.3 is 9.64 Å². The summed E-state index contributed by atoms with van der Waals surface area (Å²) in [6, 6.07) is 7.60. The predicted octanol–water partition coefficient (Wildman–Crippen LogP) is 3.02. The van der Waals surface area contributed by atoms with E-state index in [1.807, 2.05) is 17.0 Å². The van der Waals surface area contributed by atoms with Crippen LogP contribution in [0.15, 0.2) is 36.7 Å². The molecule has 1 fully saturated rings. The van der Waals surface area contributed by atoms with Crippen LogP contribution in [0.3, 0.4) is 0 Å². The smallest absolute Gasteiger partial charge is 0.417 e. The molecule has 124 valence electrons. The van der Waals surface area contributed by atoms with E-state index in [-0.39, 0.29) is 12.0 Å². The minimum atomic E-state index is -4.40. The van der Waals surface area contributed by atoms with E-state index in [0.717, 1.165) is 30.9 Å². The molecule has 2 aromatic heterocycles. The fraction of sp³-hybridized carbons (Fsp3) is 0.312. The van der Waals surface area contributed by atoms with Crippen LogP contribution in [0.1, 0.15) is 17.7 Å². The molecule has 0 radical (unpaired) electrons. The minimum Gasteiger partial charge on any atom is -0.472 e. The summed E-state index contributed by atoms with van der Waals surface area (Å²) < 4.78 is 43.2. The average molecular weight is 334 g/mol. The van der Waals surface area contributed by atoms with Crippen molar-refractivity contribution >= 4 is 5.69 Å². The molecule has 0 N–H and O–H groups in total. The van der Waals surface area contributed by atoms with Gasteiger partial charge in [-0.05, 0) is 18.2 Å². The number of alkyl halides is 3. The number of halogens is 3. The molecular weight excluding hydrogens is 321 g/mol. The number of ether oxygens (including phenoxy) is 1. The van der Waals surface area contributed by atoms with Crippen LogP contribution in [0.4, 0.5) is 18.9 Å². The number of nitrogens with zero attached hydrogens (tertiary/aromatic N) is 4. The first-order valence-corrected chi connectivity index (χ1v) is 7.27. The molecule has 0 amide bonds. The molecule has 0 aromatic carbocycles. The third-order valence-electron chi connectivity index (χ3n) is 3.72. The molecule has 1 aliphatic rings. The highest BCUT2D eigenvalue weighted by molar-refractivity contribution is 5.47. The number of pyridine rings is 2. The van der Waals surface area contributed by atoms with Crippen LogP contribution < -0.4 is 9.64 Å². The van der Waals surface area contributed by atoms with Crippen LogP contribution >= 0.6 is 0 Å². The van der Waals surface area contributed by atoms with Gasteiger partial charge in [0.1, 0.15) is 17.9 Å². The Bertz CT molecular complexity index is 738. The van der Waals surface area contributed by atoms with E-state index in [1.165, 1.54) is 6.07 Å². The molecule has 0 saturated carbocycles. The molecule has 24 heavy (non-hydrogen) atoms. The monoisotopic (exact) mass is 334 g/mol. The highest BCUT2D eigenvalue weighted by Crippen LogP contribution is 2.29. The predicted molar refractivity (Wildman–Crippen MR) is 79.4 cm³/mol. The van der Waals surface area contributed by atoms with Crippen LogP contribution in [-0.4, -0.2) is 29.2 Å². The van der Waals surface area contributed by atoms with Gasteiger partial charge in [-0.3, -0.25) is 0 Å². The van der Waals surface area contributed by atoms with Crippen molar-refractivity contribution in [3.63, 3.8) is 0 Å². The van der Waals surface area contributed by atoms with Crippen LogP contribution in [0.2, 0.25) is 0 Å². The molecular formula is C16H13F3N4O. The zero-order chi connectivity index (χ0) is 17.2. The van der Waals surface area contributed by atoms with Gasteiger partial charge >= 0.3 is 6.18 Å². The lowest BCUT2D eigenvalue weighted by molar-refractivity contribution is -0.137. The number of aromatic nitrogens is 2. The first-order chi connectivity index (χ1) is 11.5. The van der Waals surface area contributed by atoms with Gasteiger partial charge in [0.2, 0.25) is 5.88 Å². The van der Waals surface area contributed by atoms with Crippen LogP contribution in [0.5, 0.6) is 5.88 Å². The second kappa shape index (κ2) is 6.35. The maximum absolute atomic E-state index is 12.5. The van der Waals surface area contributed by atoms with Crippen molar-refractivity contribution in [1.29, 1.82) is 5.26 Å². The molecule has 8 heteroatoms. The number of hydrogen-bond donors (Lipinski definition) is 0. The maximum atomic E-state index is 12.5. The van der Waals surface area contributed by atoms with Crippen molar-refractivity contribution in [1.82, 2.24) is 9.97 Å². The summed E-state index contributed by atoms with van der Waals surface area (Å²) in [6.07, 6.45) is -1.45. The summed E-state index contributed by atoms with van der Waals surface area (Å²) >= 11 is 0.